The molecule has 0 radical (unpaired) electrons. The lowest BCUT2D eigenvalue weighted by atomic mass is 9.97. The SMILES string of the molecule is O=C(c1cc(Cl)ccc1I)N(CC1CCNCC1)C1CC1. The Morgan fingerprint density at radius 3 is 2.67 bits per heavy atom. The number of hydrogen-bond donors (Lipinski definition) is 1. The van der Waals surface area contributed by atoms with Gasteiger partial charge in [-0.25, -0.2) is 0 Å². The molecule has 1 aromatic rings. The average Bonchev–Trinajstić information content (AvgIpc) is 3.32. The standard InChI is InChI=1S/C16H20ClIN2O/c17-12-1-4-15(18)14(9-12)16(21)20(13-2-3-13)10-11-5-7-19-8-6-11/h1,4,9,11,13,19H,2-3,5-8,10H2. The summed E-state index contributed by atoms with van der Waals surface area (Å²) in [6.07, 6.45) is 4.63. The number of halogens is 2. The Kier molecular flexibility index (Phi) is 5.07. The summed E-state index contributed by atoms with van der Waals surface area (Å²) in [5, 5.41) is 4.02. The third-order valence-electron chi connectivity index (χ3n) is 4.32. The van der Waals surface area contributed by atoms with Gasteiger partial charge >= 0.3 is 0 Å². The van der Waals surface area contributed by atoms with Gasteiger partial charge in [-0.2, -0.15) is 0 Å². The lowest BCUT2D eigenvalue weighted by molar-refractivity contribution is 0.0700. The second-order valence-electron chi connectivity index (χ2n) is 6.01. The van der Waals surface area contributed by atoms with Gasteiger partial charge in [-0.15, -0.1) is 0 Å². The maximum atomic E-state index is 12.9. The highest BCUT2D eigenvalue weighted by Gasteiger charge is 2.35. The highest BCUT2D eigenvalue weighted by atomic mass is 127. The van der Waals surface area contributed by atoms with E-state index in [1.54, 1.807) is 0 Å². The third kappa shape index (κ3) is 3.90. The monoisotopic (exact) mass is 418 g/mol. The van der Waals surface area contributed by atoms with E-state index in [1.165, 1.54) is 12.8 Å². The molecule has 1 N–H and O–H groups in total. The second-order valence-corrected chi connectivity index (χ2v) is 7.60. The molecule has 1 aliphatic heterocycles. The van der Waals surface area contributed by atoms with Crippen molar-refractivity contribution in [1.82, 2.24) is 10.2 Å². The van der Waals surface area contributed by atoms with E-state index in [9.17, 15) is 4.79 Å². The summed E-state index contributed by atoms with van der Waals surface area (Å²) < 4.78 is 0.984. The number of carbonyl (C=O) groups is 1. The average molecular weight is 419 g/mol. The Balaban J connectivity index is 1.76. The fourth-order valence-electron chi connectivity index (χ4n) is 2.94. The number of hydrogen-bond acceptors (Lipinski definition) is 2. The molecule has 0 bridgehead atoms. The molecule has 5 heteroatoms. The Labute approximate surface area is 144 Å². The molecule has 2 aliphatic rings. The maximum Gasteiger partial charge on any atom is 0.255 e. The first-order valence-electron chi connectivity index (χ1n) is 7.62. The summed E-state index contributed by atoms with van der Waals surface area (Å²) in [5.41, 5.74) is 0.754. The van der Waals surface area contributed by atoms with Crippen molar-refractivity contribution in [3.8, 4) is 0 Å². The van der Waals surface area contributed by atoms with Crippen LogP contribution in [0.3, 0.4) is 0 Å². The largest absolute Gasteiger partial charge is 0.335 e. The van der Waals surface area contributed by atoms with E-state index in [-0.39, 0.29) is 5.91 Å². The van der Waals surface area contributed by atoms with Gasteiger partial charge in [-0.05, 0) is 85.5 Å². The van der Waals surface area contributed by atoms with E-state index in [0.717, 1.165) is 41.6 Å². The van der Waals surface area contributed by atoms with E-state index in [1.807, 2.05) is 18.2 Å². The molecule has 3 nitrogen and oxygen atoms in total. The Hall–Kier alpha value is -0.330. The highest BCUT2D eigenvalue weighted by Crippen LogP contribution is 2.31. The Morgan fingerprint density at radius 2 is 2.00 bits per heavy atom. The minimum atomic E-state index is 0.155. The van der Waals surface area contributed by atoms with Crippen LogP contribution in [0.25, 0.3) is 0 Å². The van der Waals surface area contributed by atoms with Crippen molar-refractivity contribution >= 4 is 40.1 Å². The molecule has 1 heterocycles. The summed E-state index contributed by atoms with van der Waals surface area (Å²) in [4.78, 5) is 15.0. The molecule has 1 saturated heterocycles. The number of carbonyl (C=O) groups excluding carboxylic acids is 1. The van der Waals surface area contributed by atoms with Crippen LogP contribution >= 0.6 is 34.2 Å². The maximum absolute atomic E-state index is 12.9. The minimum absolute atomic E-state index is 0.155. The predicted molar refractivity (Wildman–Crippen MR) is 93.8 cm³/mol. The van der Waals surface area contributed by atoms with Gasteiger partial charge in [-0.3, -0.25) is 4.79 Å². The Bertz CT molecular complexity index is 527. The van der Waals surface area contributed by atoms with E-state index < -0.39 is 0 Å². The number of rotatable bonds is 4. The van der Waals surface area contributed by atoms with Crippen molar-refractivity contribution in [1.29, 1.82) is 0 Å². The first-order chi connectivity index (χ1) is 10.1. The molecule has 0 spiro atoms. The second kappa shape index (κ2) is 6.84. The van der Waals surface area contributed by atoms with Gasteiger partial charge in [0.2, 0.25) is 0 Å². The predicted octanol–water partition coefficient (Wildman–Crippen LogP) is 3.55. The molecule has 114 valence electrons. The van der Waals surface area contributed by atoms with Gasteiger partial charge in [0.25, 0.3) is 5.91 Å². The van der Waals surface area contributed by atoms with Crippen molar-refractivity contribution in [3.63, 3.8) is 0 Å². The molecular weight excluding hydrogens is 399 g/mol. The normalized spacial score (nSPS) is 19.5. The van der Waals surface area contributed by atoms with Gasteiger partial charge in [-0.1, -0.05) is 11.6 Å². The smallest absolute Gasteiger partial charge is 0.255 e. The van der Waals surface area contributed by atoms with E-state index in [4.69, 9.17) is 11.6 Å². The number of nitrogens with zero attached hydrogens (tertiary/aromatic N) is 1. The topological polar surface area (TPSA) is 32.3 Å². The molecule has 0 aromatic heterocycles. The van der Waals surface area contributed by atoms with Crippen molar-refractivity contribution in [3.05, 3.63) is 32.4 Å². The summed E-state index contributed by atoms with van der Waals surface area (Å²) in [5.74, 6) is 0.788. The van der Waals surface area contributed by atoms with Gasteiger partial charge in [0.1, 0.15) is 0 Å². The Morgan fingerprint density at radius 1 is 1.29 bits per heavy atom. The minimum Gasteiger partial charge on any atom is -0.335 e. The number of piperidine rings is 1. The molecule has 1 aromatic carbocycles. The van der Waals surface area contributed by atoms with E-state index >= 15 is 0 Å². The first kappa shape index (κ1) is 15.6. The fraction of sp³-hybridized carbons (Fsp3) is 0.562. The van der Waals surface area contributed by atoms with Crippen LogP contribution in [0, 0.1) is 9.49 Å². The van der Waals surface area contributed by atoms with Gasteiger partial charge < -0.3 is 10.2 Å². The van der Waals surface area contributed by atoms with Crippen molar-refractivity contribution < 1.29 is 4.79 Å². The summed E-state index contributed by atoms with van der Waals surface area (Å²) in [6.45, 7) is 3.05. The fourth-order valence-corrected chi connectivity index (χ4v) is 3.68. The van der Waals surface area contributed by atoms with Crippen LogP contribution in [0.1, 0.15) is 36.0 Å². The van der Waals surface area contributed by atoms with Crippen LogP contribution in [0.15, 0.2) is 18.2 Å². The van der Waals surface area contributed by atoms with Crippen LogP contribution in [0.5, 0.6) is 0 Å². The molecular formula is C16H20ClIN2O. The van der Waals surface area contributed by atoms with Crippen LogP contribution in [-0.2, 0) is 0 Å². The van der Waals surface area contributed by atoms with Crippen molar-refractivity contribution in [2.75, 3.05) is 19.6 Å². The zero-order chi connectivity index (χ0) is 14.8. The van der Waals surface area contributed by atoms with Gasteiger partial charge in [0.15, 0.2) is 0 Å². The van der Waals surface area contributed by atoms with Gasteiger partial charge in [0, 0.05) is 21.2 Å². The molecule has 1 amide bonds. The van der Waals surface area contributed by atoms with Crippen molar-refractivity contribution in [2.45, 2.75) is 31.7 Å². The zero-order valence-corrected chi connectivity index (χ0v) is 14.9. The first-order valence-corrected chi connectivity index (χ1v) is 9.07. The highest BCUT2D eigenvalue weighted by molar-refractivity contribution is 14.1. The molecule has 0 atom stereocenters. The quantitative estimate of drug-likeness (QED) is 0.759. The number of benzene rings is 1. The molecule has 21 heavy (non-hydrogen) atoms. The zero-order valence-electron chi connectivity index (χ0n) is 11.9. The number of amides is 1. The lowest BCUT2D eigenvalue weighted by Crippen LogP contribution is -2.40. The molecule has 2 fully saturated rings. The lowest BCUT2D eigenvalue weighted by Gasteiger charge is -2.30. The van der Waals surface area contributed by atoms with E-state index in [0.29, 0.717) is 17.0 Å². The van der Waals surface area contributed by atoms with E-state index in [2.05, 4.69) is 32.8 Å². The third-order valence-corrected chi connectivity index (χ3v) is 5.50. The van der Waals surface area contributed by atoms with Crippen LogP contribution in [0.2, 0.25) is 5.02 Å². The molecule has 3 rings (SSSR count). The van der Waals surface area contributed by atoms with Gasteiger partial charge in [0.05, 0.1) is 5.56 Å². The van der Waals surface area contributed by atoms with Crippen LogP contribution in [0.4, 0.5) is 0 Å². The molecule has 1 saturated carbocycles. The van der Waals surface area contributed by atoms with Crippen molar-refractivity contribution in [2.24, 2.45) is 5.92 Å². The van der Waals surface area contributed by atoms with Crippen LogP contribution < -0.4 is 5.32 Å². The van der Waals surface area contributed by atoms with Crippen LogP contribution in [-0.4, -0.2) is 36.5 Å². The summed E-state index contributed by atoms with van der Waals surface area (Å²) in [6, 6.07) is 6.02. The number of nitrogens with one attached hydrogen (secondary N) is 1. The summed E-state index contributed by atoms with van der Waals surface area (Å²) in [7, 11) is 0. The summed E-state index contributed by atoms with van der Waals surface area (Å²) >= 11 is 8.29. The molecule has 0 unspecified atom stereocenters. The molecule has 1 aliphatic carbocycles.